The van der Waals surface area contributed by atoms with Crippen LogP contribution in [0.3, 0.4) is 0 Å². The minimum Gasteiger partial charge on any atom is -0.343 e. The van der Waals surface area contributed by atoms with Crippen molar-refractivity contribution in [2.45, 2.75) is 27.7 Å². The Hall–Kier alpha value is -2.03. The number of aromatic nitrogens is 2. The second-order valence-corrected chi connectivity index (χ2v) is 4.07. The van der Waals surface area contributed by atoms with Crippen LogP contribution in [0.1, 0.15) is 27.7 Å². The molecule has 0 radical (unpaired) electrons. The van der Waals surface area contributed by atoms with Crippen LogP contribution in [0.2, 0.25) is 0 Å². The summed E-state index contributed by atoms with van der Waals surface area (Å²) in [5, 5.41) is 1.84. The van der Waals surface area contributed by atoms with Crippen molar-refractivity contribution >= 4 is 21.8 Å². The summed E-state index contributed by atoms with van der Waals surface area (Å²) >= 11 is 0. The summed E-state index contributed by atoms with van der Waals surface area (Å²) in [6.45, 7) is 8.00. The van der Waals surface area contributed by atoms with E-state index in [9.17, 15) is 4.79 Å². The maximum absolute atomic E-state index is 12.1. The van der Waals surface area contributed by atoms with Gasteiger partial charge in [-0.15, -0.1) is 0 Å². The molecule has 3 heteroatoms. The molecule has 2 aromatic heterocycles. The third-order valence-corrected chi connectivity index (χ3v) is 3.14. The number of rotatable bonds is 0. The molecule has 0 aliphatic carbocycles. The van der Waals surface area contributed by atoms with Gasteiger partial charge in [-0.05, 0) is 12.1 Å². The van der Waals surface area contributed by atoms with Gasteiger partial charge in [-0.1, -0.05) is 45.9 Å². The lowest BCUT2D eigenvalue weighted by molar-refractivity contribution is 0.870. The van der Waals surface area contributed by atoms with Crippen LogP contribution in [0, 0.1) is 0 Å². The number of nitrogens with zero attached hydrogens (tertiary/aromatic N) is 2. The van der Waals surface area contributed by atoms with Gasteiger partial charge in [0.2, 0.25) is 0 Å². The highest BCUT2D eigenvalue weighted by Crippen LogP contribution is 2.24. The highest BCUT2D eigenvalue weighted by molar-refractivity contribution is 6.07. The zero-order chi connectivity index (χ0) is 15.3. The van der Waals surface area contributed by atoms with Gasteiger partial charge in [0.25, 0.3) is 5.56 Å². The molecule has 0 aliphatic heterocycles. The van der Waals surface area contributed by atoms with E-state index in [0.29, 0.717) is 0 Å². The first-order chi connectivity index (χ1) is 9.70. The van der Waals surface area contributed by atoms with Gasteiger partial charge in [0.1, 0.15) is 0 Å². The van der Waals surface area contributed by atoms with Gasteiger partial charge in [-0.25, -0.2) is 0 Å². The Kier molecular flexibility index (Phi) is 5.56. The molecule has 0 saturated heterocycles. The predicted molar refractivity (Wildman–Crippen MR) is 88.4 cm³/mol. The number of para-hydroxylation sites is 1. The first kappa shape index (κ1) is 16.0. The Bertz CT molecular complexity index is 751. The predicted octanol–water partition coefficient (Wildman–Crippen LogP) is 4.08. The molecular weight excluding hydrogens is 248 g/mol. The van der Waals surface area contributed by atoms with Gasteiger partial charge in [0, 0.05) is 31.2 Å². The number of pyridine rings is 1. The summed E-state index contributed by atoms with van der Waals surface area (Å²) < 4.78 is 3.68. The normalized spacial score (nSPS) is 9.70. The van der Waals surface area contributed by atoms with Gasteiger partial charge >= 0.3 is 0 Å². The Morgan fingerprint density at radius 1 is 0.850 bits per heavy atom. The number of hydrogen-bond acceptors (Lipinski definition) is 1. The van der Waals surface area contributed by atoms with Crippen LogP contribution >= 0.6 is 0 Å². The van der Waals surface area contributed by atoms with Gasteiger partial charge < -0.3 is 9.13 Å². The third-order valence-electron chi connectivity index (χ3n) is 3.14. The Morgan fingerprint density at radius 3 is 2.10 bits per heavy atom. The Balaban J connectivity index is 0.000000461. The number of benzene rings is 1. The molecule has 0 fully saturated rings. The SMILES string of the molecule is CC.CC.Cn1ccc2c(c1=O)c1ccccc1n2C. The van der Waals surface area contributed by atoms with Crippen LogP contribution in [-0.4, -0.2) is 9.13 Å². The molecule has 0 atom stereocenters. The monoisotopic (exact) mass is 272 g/mol. The molecular formula is C17H24N2O. The van der Waals surface area contributed by atoms with Gasteiger partial charge in [0.15, 0.2) is 0 Å². The second-order valence-electron chi connectivity index (χ2n) is 4.07. The smallest absolute Gasteiger partial charge is 0.260 e. The molecule has 0 bridgehead atoms. The van der Waals surface area contributed by atoms with E-state index in [1.165, 1.54) is 0 Å². The zero-order valence-electron chi connectivity index (χ0n) is 13.3. The molecule has 1 aromatic carbocycles. The van der Waals surface area contributed by atoms with Crippen LogP contribution in [0.4, 0.5) is 0 Å². The highest BCUT2D eigenvalue weighted by Gasteiger charge is 2.10. The summed E-state index contributed by atoms with van der Waals surface area (Å²) in [5.74, 6) is 0. The van der Waals surface area contributed by atoms with Gasteiger partial charge in [-0.2, -0.15) is 0 Å². The van der Waals surface area contributed by atoms with Crippen molar-refractivity contribution in [2.24, 2.45) is 14.1 Å². The van der Waals surface area contributed by atoms with Crippen molar-refractivity contribution in [3.63, 3.8) is 0 Å². The fraction of sp³-hybridized carbons (Fsp3) is 0.353. The molecule has 0 spiro atoms. The molecule has 3 aromatic rings. The number of aryl methyl sites for hydroxylation is 2. The molecule has 0 N–H and O–H groups in total. The van der Waals surface area contributed by atoms with E-state index >= 15 is 0 Å². The lowest BCUT2D eigenvalue weighted by atomic mass is 10.2. The lowest BCUT2D eigenvalue weighted by Gasteiger charge is -1.98. The molecule has 2 heterocycles. The fourth-order valence-electron chi connectivity index (χ4n) is 2.26. The second kappa shape index (κ2) is 6.94. The van der Waals surface area contributed by atoms with E-state index in [1.807, 2.05) is 71.3 Å². The first-order valence-corrected chi connectivity index (χ1v) is 7.23. The van der Waals surface area contributed by atoms with Crippen molar-refractivity contribution in [1.82, 2.24) is 9.13 Å². The average molecular weight is 272 g/mol. The minimum absolute atomic E-state index is 0.0642. The molecule has 3 nitrogen and oxygen atoms in total. The van der Waals surface area contributed by atoms with E-state index in [4.69, 9.17) is 0 Å². The highest BCUT2D eigenvalue weighted by atomic mass is 16.1. The number of hydrogen-bond donors (Lipinski definition) is 0. The summed E-state index contributed by atoms with van der Waals surface area (Å²) in [6.07, 6.45) is 1.81. The number of fused-ring (bicyclic) bond motifs is 3. The van der Waals surface area contributed by atoms with E-state index in [0.717, 1.165) is 21.8 Å². The summed E-state index contributed by atoms with van der Waals surface area (Å²) in [4.78, 5) is 12.1. The fourth-order valence-corrected chi connectivity index (χ4v) is 2.26. The Morgan fingerprint density at radius 2 is 1.45 bits per heavy atom. The molecule has 108 valence electrons. The van der Waals surface area contributed by atoms with Crippen LogP contribution in [0.15, 0.2) is 41.3 Å². The summed E-state index contributed by atoms with van der Waals surface area (Å²) in [7, 11) is 3.77. The van der Waals surface area contributed by atoms with Crippen molar-refractivity contribution in [3.05, 3.63) is 46.9 Å². The quantitative estimate of drug-likeness (QED) is 0.605. The molecule has 0 unspecified atom stereocenters. The van der Waals surface area contributed by atoms with Crippen LogP contribution in [0.5, 0.6) is 0 Å². The average Bonchev–Trinajstić information content (AvgIpc) is 2.81. The van der Waals surface area contributed by atoms with Crippen LogP contribution < -0.4 is 5.56 Å². The van der Waals surface area contributed by atoms with E-state index in [-0.39, 0.29) is 5.56 Å². The van der Waals surface area contributed by atoms with Crippen molar-refractivity contribution < 1.29 is 0 Å². The Labute approximate surface area is 120 Å². The zero-order valence-corrected chi connectivity index (χ0v) is 13.3. The minimum atomic E-state index is 0.0642. The lowest BCUT2D eigenvalue weighted by Crippen LogP contribution is -2.15. The van der Waals surface area contributed by atoms with E-state index in [1.54, 1.807) is 11.6 Å². The van der Waals surface area contributed by atoms with Crippen LogP contribution in [-0.2, 0) is 14.1 Å². The molecule has 0 aliphatic rings. The topological polar surface area (TPSA) is 26.9 Å². The third kappa shape index (κ3) is 2.48. The largest absolute Gasteiger partial charge is 0.343 e. The molecule has 0 saturated carbocycles. The van der Waals surface area contributed by atoms with Crippen molar-refractivity contribution in [2.75, 3.05) is 0 Å². The van der Waals surface area contributed by atoms with E-state index < -0.39 is 0 Å². The molecule has 3 rings (SSSR count). The van der Waals surface area contributed by atoms with Crippen LogP contribution in [0.25, 0.3) is 21.8 Å². The molecule has 0 amide bonds. The van der Waals surface area contributed by atoms with E-state index in [2.05, 4.69) is 4.57 Å². The summed E-state index contributed by atoms with van der Waals surface area (Å²) in [6, 6.07) is 9.98. The maximum Gasteiger partial charge on any atom is 0.260 e. The van der Waals surface area contributed by atoms with Crippen molar-refractivity contribution in [1.29, 1.82) is 0 Å². The standard InChI is InChI=1S/C13H12N2O.2C2H6/c1-14-8-7-11-12(13(14)16)9-5-3-4-6-10(9)15(11)2;2*1-2/h3-8H,1-2H3;2*1-2H3. The van der Waals surface area contributed by atoms with Gasteiger partial charge in [0.05, 0.1) is 10.9 Å². The molecule has 20 heavy (non-hydrogen) atoms. The van der Waals surface area contributed by atoms with Crippen molar-refractivity contribution in [3.8, 4) is 0 Å². The maximum atomic E-state index is 12.1. The van der Waals surface area contributed by atoms with Gasteiger partial charge in [-0.3, -0.25) is 4.79 Å². The summed E-state index contributed by atoms with van der Waals surface area (Å²) in [5.41, 5.74) is 2.15. The first-order valence-electron chi connectivity index (χ1n) is 7.23.